The highest BCUT2D eigenvalue weighted by Crippen LogP contribution is 2.34. The summed E-state index contributed by atoms with van der Waals surface area (Å²) in [5.74, 6) is -1.87. The molecule has 1 amide bonds. The number of nitrogens with zero attached hydrogens (tertiary/aromatic N) is 1. The van der Waals surface area contributed by atoms with Gasteiger partial charge in [-0.15, -0.1) is 0 Å². The minimum absolute atomic E-state index is 0.0189. The zero-order valence-corrected chi connectivity index (χ0v) is 15.4. The van der Waals surface area contributed by atoms with Crippen LogP contribution < -0.4 is 0 Å². The van der Waals surface area contributed by atoms with Gasteiger partial charge in [-0.25, -0.2) is 0 Å². The Bertz CT molecular complexity index is 793. The van der Waals surface area contributed by atoms with Crippen molar-refractivity contribution in [3.8, 4) is 0 Å². The first kappa shape index (κ1) is 18.5. The topological polar surface area (TPSA) is 57.6 Å². The molecule has 1 saturated heterocycles. The highest BCUT2D eigenvalue weighted by atomic mass is 35.5. The summed E-state index contributed by atoms with van der Waals surface area (Å²) in [5, 5.41) is 10.3. The first-order valence-corrected chi connectivity index (χ1v) is 9.15. The number of hydrogen-bond donors (Lipinski definition) is 1. The molecule has 1 fully saturated rings. The van der Waals surface area contributed by atoms with E-state index in [-0.39, 0.29) is 24.3 Å². The Hall–Kier alpha value is -2.33. The van der Waals surface area contributed by atoms with Crippen molar-refractivity contribution in [1.29, 1.82) is 0 Å². The normalized spacial score (nSPS) is 20.8. The summed E-state index contributed by atoms with van der Waals surface area (Å²) >= 11 is 6.20. The molecule has 26 heavy (non-hydrogen) atoms. The third-order valence-electron chi connectivity index (χ3n) is 5.08. The molecule has 0 aliphatic carbocycles. The van der Waals surface area contributed by atoms with Crippen molar-refractivity contribution in [2.24, 2.45) is 11.8 Å². The molecular weight excluding hydrogens is 350 g/mol. The Morgan fingerprint density at radius 3 is 2.42 bits per heavy atom. The second kappa shape index (κ2) is 7.92. The van der Waals surface area contributed by atoms with Crippen molar-refractivity contribution in [3.05, 3.63) is 70.7 Å². The third kappa shape index (κ3) is 3.91. The fourth-order valence-corrected chi connectivity index (χ4v) is 3.88. The van der Waals surface area contributed by atoms with Crippen LogP contribution in [0, 0.1) is 11.8 Å². The largest absolute Gasteiger partial charge is 0.481 e. The maximum atomic E-state index is 12.9. The Morgan fingerprint density at radius 1 is 1.12 bits per heavy atom. The third-order valence-corrected chi connectivity index (χ3v) is 5.45. The summed E-state index contributed by atoms with van der Waals surface area (Å²) in [7, 11) is 0. The van der Waals surface area contributed by atoms with Gasteiger partial charge in [0, 0.05) is 29.9 Å². The van der Waals surface area contributed by atoms with Crippen LogP contribution in [0.1, 0.15) is 24.0 Å². The van der Waals surface area contributed by atoms with E-state index in [0.29, 0.717) is 18.0 Å². The SMILES string of the molecule is CC(Cc1ccccc1Cl)C(=O)N1C[C@H](C(=O)O)[C@H](c2ccccc2)C1. The van der Waals surface area contributed by atoms with Gasteiger partial charge in [0.05, 0.1) is 5.92 Å². The average molecular weight is 372 g/mol. The van der Waals surface area contributed by atoms with Crippen LogP contribution in [-0.2, 0) is 16.0 Å². The number of amides is 1. The van der Waals surface area contributed by atoms with Crippen LogP contribution in [0.25, 0.3) is 0 Å². The number of rotatable bonds is 5. The first-order valence-electron chi connectivity index (χ1n) is 8.77. The molecule has 3 rings (SSSR count). The van der Waals surface area contributed by atoms with Crippen LogP contribution >= 0.6 is 11.6 Å². The number of benzene rings is 2. The van der Waals surface area contributed by atoms with Crippen LogP contribution in [0.15, 0.2) is 54.6 Å². The Kier molecular flexibility index (Phi) is 5.62. The molecule has 2 aromatic carbocycles. The molecule has 1 aliphatic rings. The number of carboxylic acids is 1. The number of halogens is 1. The number of carbonyl (C=O) groups excluding carboxylic acids is 1. The van der Waals surface area contributed by atoms with Gasteiger partial charge in [-0.2, -0.15) is 0 Å². The van der Waals surface area contributed by atoms with Crippen LogP contribution in [0.3, 0.4) is 0 Å². The van der Waals surface area contributed by atoms with E-state index in [1.165, 1.54) is 0 Å². The van der Waals surface area contributed by atoms with Gasteiger partial charge in [-0.1, -0.05) is 67.1 Å². The van der Waals surface area contributed by atoms with E-state index >= 15 is 0 Å². The maximum Gasteiger partial charge on any atom is 0.308 e. The monoisotopic (exact) mass is 371 g/mol. The van der Waals surface area contributed by atoms with Gasteiger partial charge < -0.3 is 10.0 Å². The molecule has 5 heteroatoms. The van der Waals surface area contributed by atoms with E-state index in [1.807, 2.05) is 61.5 Å². The standard InChI is InChI=1S/C21H22ClNO3/c1-14(11-16-9-5-6-10-19(16)22)20(24)23-12-17(18(13-23)21(25)26)15-7-3-2-4-8-15/h2-10,14,17-18H,11-13H2,1H3,(H,25,26)/t14?,17-,18-/m0/s1. The molecule has 2 aromatic rings. The highest BCUT2D eigenvalue weighted by molar-refractivity contribution is 6.31. The molecule has 0 spiro atoms. The Labute approximate surface area is 158 Å². The predicted octanol–water partition coefficient (Wildman–Crippen LogP) is 3.85. The lowest BCUT2D eigenvalue weighted by molar-refractivity contribution is -0.142. The number of aliphatic carboxylic acids is 1. The lowest BCUT2D eigenvalue weighted by Crippen LogP contribution is -2.35. The van der Waals surface area contributed by atoms with E-state index in [1.54, 1.807) is 4.90 Å². The summed E-state index contributed by atoms with van der Waals surface area (Å²) in [6.45, 7) is 2.56. The summed E-state index contributed by atoms with van der Waals surface area (Å²) in [5.41, 5.74) is 1.90. The summed E-state index contributed by atoms with van der Waals surface area (Å²) in [6, 6.07) is 17.1. The number of carboxylic acid groups (broad SMARTS) is 1. The highest BCUT2D eigenvalue weighted by Gasteiger charge is 2.41. The van der Waals surface area contributed by atoms with Crippen LogP contribution in [0.2, 0.25) is 5.02 Å². The Balaban J connectivity index is 1.73. The molecule has 1 unspecified atom stereocenters. The summed E-state index contributed by atoms with van der Waals surface area (Å²) in [6.07, 6.45) is 0.544. The van der Waals surface area contributed by atoms with Gasteiger partial charge in [0.25, 0.3) is 0 Å². The van der Waals surface area contributed by atoms with Crippen molar-refractivity contribution < 1.29 is 14.7 Å². The second-order valence-corrected chi connectivity index (χ2v) is 7.31. The van der Waals surface area contributed by atoms with Crippen LogP contribution in [0.5, 0.6) is 0 Å². The van der Waals surface area contributed by atoms with Gasteiger partial charge in [0.15, 0.2) is 0 Å². The van der Waals surface area contributed by atoms with E-state index < -0.39 is 11.9 Å². The molecule has 0 radical (unpaired) electrons. The molecule has 1 heterocycles. The van der Waals surface area contributed by atoms with E-state index in [2.05, 4.69) is 0 Å². The van der Waals surface area contributed by atoms with Crippen molar-refractivity contribution >= 4 is 23.5 Å². The number of likely N-dealkylation sites (tertiary alicyclic amines) is 1. The number of carbonyl (C=O) groups is 2. The van der Waals surface area contributed by atoms with E-state index in [0.717, 1.165) is 11.1 Å². The molecule has 4 nitrogen and oxygen atoms in total. The molecular formula is C21H22ClNO3. The second-order valence-electron chi connectivity index (χ2n) is 6.90. The van der Waals surface area contributed by atoms with Crippen LogP contribution in [0.4, 0.5) is 0 Å². The molecule has 1 aliphatic heterocycles. The number of hydrogen-bond acceptors (Lipinski definition) is 2. The van der Waals surface area contributed by atoms with Gasteiger partial charge in [0.1, 0.15) is 0 Å². The maximum absolute atomic E-state index is 12.9. The minimum Gasteiger partial charge on any atom is -0.481 e. The zero-order valence-electron chi connectivity index (χ0n) is 14.6. The first-order chi connectivity index (χ1) is 12.5. The minimum atomic E-state index is -0.854. The molecule has 1 N–H and O–H groups in total. The smallest absolute Gasteiger partial charge is 0.308 e. The van der Waals surface area contributed by atoms with Gasteiger partial charge in [-0.3, -0.25) is 9.59 Å². The van der Waals surface area contributed by atoms with Crippen molar-refractivity contribution in [2.45, 2.75) is 19.3 Å². The van der Waals surface area contributed by atoms with Gasteiger partial charge >= 0.3 is 5.97 Å². The van der Waals surface area contributed by atoms with E-state index in [4.69, 9.17) is 11.6 Å². The van der Waals surface area contributed by atoms with Crippen molar-refractivity contribution in [2.75, 3.05) is 13.1 Å². The molecule has 3 atom stereocenters. The molecule has 136 valence electrons. The quantitative estimate of drug-likeness (QED) is 0.868. The fraction of sp³-hybridized carbons (Fsp3) is 0.333. The molecule has 0 aromatic heterocycles. The predicted molar refractivity (Wildman–Crippen MR) is 101 cm³/mol. The lowest BCUT2D eigenvalue weighted by Gasteiger charge is -2.21. The molecule has 0 saturated carbocycles. The lowest BCUT2D eigenvalue weighted by atomic mass is 9.89. The average Bonchev–Trinajstić information content (AvgIpc) is 3.09. The Morgan fingerprint density at radius 2 is 1.77 bits per heavy atom. The van der Waals surface area contributed by atoms with Crippen molar-refractivity contribution in [1.82, 2.24) is 4.90 Å². The molecule has 0 bridgehead atoms. The summed E-state index contributed by atoms with van der Waals surface area (Å²) in [4.78, 5) is 26.3. The summed E-state index contributed by atoms with van der Waals surface area (Å²) < 4.78 is 0. The van der Waals surface area contributed by atoms with Gasteiger partial charge in [0.2, 0.25) is 5.91 Å². The van der Waals surface area contributed by atoms with Crippen LogP contribution in [-0.4, -0.2) is 35.0 Å². The van der Waals surface area contributed by atoms with Crippen molar-refractivity contribution in [3.63, 3.8) is 0 Å². The van der Waals surface area contributed by atoms with E-state index in [9.17, 15) is 14.7 Å². The van der Waals surface area contributed by atoms with Gasteiger partial charge in [-0.05, 0) is 23.6 Å². The zero-order chi connectivity index (χ0) is 18.7. The fourth-order valence-electron chi connectivity index (χ4n) is 3.66.